The van der Waals surface area contributed by atoms with Gasteiger partial charge >= 0.3 is 0 Å². The smallest absolute Gasteiger partial charge is 0.117 e. The molecule has 0 amide bonds. The van der Waals surface area contributed by atoms with Crippen LogP contribution in [0.4, 0.5) is 5.69 Å². The molecule has 0 radical (unpaired) electrons. The molecule has 0 saturated carbocycles. The fourth-order valence-corrected chi connectivity index (χ4v) is 1.99. The second-order valence-corrected chi connectivity index (χ2v) is 4.10. The standard InChI is InChI=1S/C14H11NO2/c16-11-4-1-9(2-5-11)13-7-10-3-6-12(17)8-14(10)15-13/h1-6,8,16-17H,7H2. The second-order valence-electron chi connectivity index (χ2n) is 4.10. The van der Waals surface area contributed by atoms with Crippen LogP contribution in [0, 0.1) is 0 Å². The molecule has 2 aromatic rings. The lowest BCUT2D eigenvalue weighted by Crippen LogP contribution is -1.99. The Morgan fingerprint density at radius 3 is 2.35 bits per heavy atom. The number of aliphatic imine (C=N–C) groups is 1. The maximum absolute atomic E-state index is 9.39. The van der Waals surface area contributed by atoms with E-state index in [4.69, 9.17) is 0 Å². The van der Waals surface area contributed by atoms with Crippen molar-refractivity contribution in [3.05, 3.63) is 53.6 Å². The molecular formula is C14H11NO2. The van der Waals surface area contributed by atoms with Crippen molar-refractivity contribution in [2.45, 2.75) is 6.42 Å². The molecular weight excluding hydrogens is 214 g/mol. The lowest BCUT2D eigenvalue weighted by atomic mass is 10.0. The first-order valence-corrected chi connectivity index (χ1v) is 5.41. The Labute approximate surface area is 98.7 Å². The van der Waals surface area contributed by atoms with Crippen molar-refractivity contribution in [1.29, 1.82) is 0 Å². The van der Waals surface area contributed by atoms with Crippen molar-refractivity contribution >= 4 is 11.4 Å². The summed E-state index contributed by atoms with van der Waals surface area (Å²) in [6.07, 6.45) is 0.764. The molecule has 1 aliphatic rings. The zero-order chi connectivity index (χ0) is 11.8. The number of nitrogens with zero attached hydrogens (tertiary/aromatic N) is 1. The van der Waals surface area contributed by atoms with Gasteiger partial charge < -0.3 is 10.2 Å². The summed E-state index contributed by atoms with van der Waals surface area (Å²) >= 11 is 0. The highest BCUT2D eigenvalue weighted by molar-refractivity contribution is 6.06. The molecule has 0 aliphatic carbocycles. The second kappa shape index (κ2) is 3.63. The number of phenols is 2. The van der Waals surface area contributed by atoms with Crippen molar-refractivity contribution in [3.63, 3.8) is 0 Å². The highest BCUT2D eigenvalue weighted by Gasteiger charge is 2.16. The van der Waals surface area contributed by atoms with E-state index in [-0.39, 0.29) is 11.5 Å². The van der Waals surface area contributed by atoms with Crippen LogP contribution in [0.5, 0.6) is 11.5 Å². The summed E-state index contributed by atoms with van der Waals surface area (Å²) in [7, 11) is 0. The molecule has 0 bridgehead atoms. The molecule has 84 valence electrons. The van der Waals surface area contributed by atoms with E-state index in [1.54, 1.807) is 24.3 Å². The summed E-state index contributed by atoms with van der Waals surface area (Å²) in [6, 6.07) is 12.2. The van der Waals surface area contributed by atoms with Gasteiger partial charge in [0.2, 0.25) is 0 Å². The van der Waals surface area contributed by atoms with Gasteiger partial charge in [-0.3, -0.25) is 4.99 Å². The van der Waals surface area contributed by atoms with Crippen molar-refractivity contribution < 1.29 is 10.2 Å². The lowest BCUT2D eigenvalue weighted by Gasteiger charge is -2.00. The summed E-state index contributed by atoms with van der Waals surface area (Å²) in [5.74, 6) is 0.488. The molecule has 0 saturated heterocycles. The Kier molecular flexibility index (Phi) is 2.11. The van der Waals surface area contributed by atoms with Crippen LogP contribution in [0.2, 0.25) is 0 Å². The van der Waals surface area contributed by atoms with Crippen LogP contribution in [0.15, 0.2) is 47.5 Å². The van der Waals surface area contributed by atoms with Gasteiger partial charge in [0.25, 0.3) is 0 Å². The predicted octanol–water partition coefficient (Wildman–Crippen LogP) is 2.77. The minimum absolute atomic E-state index is 0.236. The molecule has 2 aromatic carbocycles. The molecule has 2 N–H and O–H groups in total. The van der Waals surface area contributed by atoms with E-state index in [1.165, 1.54) is 0 Å². The van der Waals surface area contributed by atoms with Gasteiger partial charge in [-0.2, -0.15) is 0 Å². The van der Waals surface area contributed by atoms with Gasteiger partial charge in [0.15, 0.2) is 0 Å². The van der Waals surface area contributed by atoms with E-state index in [2.05, 4.69) is 4.99 Å². The van der Waals surface area contributed by atoms with Crippen molar-refractivity contribution in [2.75, 3.05) is 0 Å². The van der Waals surface area contributed by atoms with E-state index in [1.807, 2.05) is 18.2 Å². The molecule has 1 aliphatic heterocycles. The molecule has 3 rings (SSSR count). The van der Waals surface area contributed by atoms with Crippen LogP contribution in [0.25, 0.3) is 0 Å². The van der Waals surface area contributed by atoms with Gasteiger partial charge in [-0.25, -0.2) is 0 Å². The van der Waals surface area contributed by atoms with Gasteiger partial charge in [-0.15, -0.1) is 0 Å². The Morgan fingerprint density at radius 1 is 0.882 bits per heavy atom. The van der Waals surface area contributed by atoms with Crippen LogP contribution in [0.1, 0.15) is 11.1 Å². The topological polar surface area (TPSA) is 52.8 Å². The normalized spacial score (nSPS) is 13.3. The first kappa shape index (κ1) is 9.90. The summed E-state index contributed by atoms with van der Waals surface area (Å²) in [5, 5.41) is 18.6. The largest absolute Gasteiger partial charge is 0.508 e. The molecule has 1 heterocycles. The van der Waals surface area contributed by atoms with E-state index < -0.39 is 0 Å². The maximum atomic E-state index is 9.39. The van der Waals surface area contributed by atoms with Gasteiger partial charge in [0.1, 0.15) is 11.5 Å². The first-order chi connectivity index (χ1) is 8.22. The highest BCUT2D eigenvalue weighted by atomic mass is 16.3. The van der Waals surface area contributed by atoms with Gasteiger partial charge in [0, 0.05) is 12.5 Å². The number of hydrogen-bond donors (Lipinski definition) is 2. The predicted molar refractivity (Wildman–Crippen MR) is 66.1 cm³/mol. The zero-order valence-electron chi connectivity index (χ0n) is 9.09. The van der Waals surface area contributed by atoms with Crippen molar-refractivity contribution in [3.8, 4) is 11.5 Å². The maximum Gasteiger partial charge on any atom is 0.117 e. The van der Waals surface area contributed by atoms with E-state index in [0.717, 1.165) is 28.9 Å². The number of aromatic hydroxyl groups is 2. The third-order valence-electron chi connectivity index (χ3n) is 2.88. The summed E-state index contributed by atoms with van der Waals surface area (Å²) in [5.41, 5.74) is 3.91. The van der Waals surface area contributed by atoms with Crippen LogP contribution in [-0.2, 0) is 6.42 Å². The molecule has 3 heteroatoms. The van der Waals surface area contributed by atoms with E-state index in [9.17, 15) is 10.2 Å². The van der Waals surface area contributed by atoms with E-state index >= 15 is 0 Å². The zero-order valence-corrected chi connectivity index (χ0v) is 9.09. The minimum Gasteiger partial charge on any atom is -0.508 e. The fraction of sp³-hybridized carbons (Fsp3) is 0.0714. The highest BCUT2D eigenvalue weighted by Crippen LogP contribution is 2.31. The summed E-state index contributed by atoms with van der Waals surface area (Å²) in [6.45, 7) is 0. The number of phenolic OH excluding ortho intramolecular Hbond substituents is 2. The number of fused-ring (bicyclic) bond motifs is 1. The number of benzene rings is 2. The molecule has 0 aromatic heterocycles. The average Bonchev–Trinajstić information content (AvgIpc) is 2.72. The fourth-order valence-electron chi connectivity index (χ4n) is 1.99. The SMILES string of the molecule is Oc1ccc(C2=Nc3cc(O)ccc3C2)cc1. The molecule has 3 nitrogen and oxygen atoms in total. The quantitative estimate of drug-likeness (QED) is 0.784. The van der Waals surface area contributed by atoms with Crippen LogP contribution in [0.3, 0.4) is 0 Å². The lowest BCUT2D eigenvalue weighted by molar-refractivity contribution is 0.475. The summed E-state index contributed by atoms with van der Waals surface area (Å²) in [4.78, 5) is 4.49. The first-order valence-electron chi connectivity index (χ1n) is 5.41. The number of hydrogen-bond acceptors (Lipinski definition) is 3. The van der Waals surface area contributed by atoms with Gasteiger partial charge in [0.05, 0.1) is 11.4 Å². The van der Waals surface area contributed by atoms with Crippen LogP contribution < -0.4 is 0 Å². The number of rotatable bonds is 1. The Bertz CT molecular complexity index is 600. The van der Waals surface area contributed by atoms with Crippen LogP contribution >= 0.6 is 0 Å². The third-order valence-corrected chi connectivity index (χ3v) is 2.88. The van der Waals surface area contributed by atoms with Gasteiger partial charge in [-0.1, -0.05) is 6.07 Å². The minimum atomic E-state index is 0.236. The molecule has 0 atom stereocenters. The molecule has 0 unspecified atom stereocenters. The Morgan fingerprint density at radius 2 is 1.59 bits per heavy atom. The Balaban J connectivity index is 1.99. The van der Waals surface area contributed by atoms with Crippen molar-refractivity contribution in [2.24, 2.45) is 4.99 Å². The van der Waals surface area contributed by atoms with Crippen LogP contribution in [-0.4, -0.2) is 15.9 Å². The van der Waals surface area contributed by atoms with Crippen molar-refractivity contribution in [1.82, 2.24) is 0 Å². The average molecular weight is 225 g/mol. The Hall–Kier alpha value is -2.29. The van der Waals surface area contributed by atoms with E-state index in [0.29, 0.717) is 0 Å². The van der Waals surface area contributed by atoms with Gasteiger partial charge in [-0.05, 0) is 41.5 Å². The molecule has 0 spiro atoms. The molecule has 17 heavy (non-hydrogen) atoms. The third kappa shape index (κ3) is 1.76. The molecule has 0 fully saturated rings. The summed E-state index contributed by atoms with van der Waals surface area (Å²) < 4.78 is 0. The monoisotopic (exact) mass is 225 g/mol.